The van der Waals surface area contributed by atoms with Crippen molar-refractivity contribution in [1.82, 2.24) is 0 Å². The summed E-state index contributed by atoms with van der Waals surface area (Å²) in [6.45, 7) is 1.92. The Bertz CT molecular complexity index is 879. The molecular formula is C16H12O5. The van der Waals surface area contributed by atoms with Gasteiger partial charge in [-0.1, -0.05) is 18.2 Å². The second-order valence-corrected chi connectivity index (χ2v) is 4.38. The van der Waals surface area contributed by atoms with Gasteiger partial charge < -0.3 is 13.9 Å². The number of benzene rings is 2. The number of rotatable bonds is 2. The van der Waals surface area contributed by atoms with Gasteiger partial charge in [0, 0.05) is 11.5 Å². The first-order valence-electron chi connectivity index (χ1n) is 6.49. The lowest BCUT2D eigenvalue weighted by Gasteiger charge is -2.06. The van der Waals surface area contributed by atoms with Gasteiger partial charge >= 0.3 is 11.8 Å². The highest BCUT2D eigenvalue weighted by molar-refractivity contribution is 6.04. The molecule has 0 bridgehead atoms. The van der Waals surface area contributed by atoms with Gasteiger partial charge in [-0.25, -0.2) is 9.59 Å². The van der Waals surface area contributed by atoms with Crippen LogP contribution >= 0.6 is 0 Å². The zero-order valence-electron chi connectivity index (χ0n) is 11.3. The molecule has 0 amide bonds. The molecule has 0 saturated carbocycles. The molecule has 21 heavy (non-hydrogen) atoms. The third-order valence-electron chi connectivity index (χ3n) is 3.06. The Morgan fingerprint density at radius 1 is 1.10 bits per heavy atom. The average molecular weight is 284 g/mol. The van der Waals surface area contributed by atoms with Crippen molar-refractivity contribution >= 4 is 27.9 Å². The fourth-order valence-corrected chi connectivity index (χ4v) is 2.17. The lowest BCUT2D eigenvalue weighted by Crippen LogP contribution is -2.10. The van der Waals surface area contributed by atoms with Gasteiger partial charge in [0.1, 0.15) is 11.3 Å². The first-order valence-corrected chi connectivity index (χ1v) is 6.49. The maximum atomic E-state index is 11.9. The Labute approximate surface area is 119 Å². The molecule has 2 aromatic carbocycles. The number of carbonyl (C=O) groups is 1. The molecule has 0 radical (unpaired) electrons. The first-order chi connectivity index (χ1) is 10.2. The van der Waals surface area contributed by atoms with Crippen molar-refractivity contribution in [2.45, 2.75) is 6.92 Å². The number of ether oxygens (including phenoxy) is 2. The summed E-state index contributed by atoms with van der Waals surface area (Å²) in [7, 11) is 0. The molecule has 0 aliphatic rings. The van der Waals surface area contributed by atoms with E-state index < -0.39 is 11.8 Å². The molecule has 0 atom stereocenters. The highest BCUT2D eigenvalue weighted by Crippen LogP contribution is 2.26. The second-order valence-electron chi connectivity index (χ2n) is 4.38. The molecule has 0 aliphatic carbocycles. The molecule has 0 aliphatic heterocycles. The predicted octanol–water partition coefficient (Wildman–Crippen LogP) is 3.48. The van der Waals surface area contributed by atoms with Crippen LogP contribution in [0.1, 0.15) is 6.92 Å². The number of hydrogen-bond donors (Lipinski definition) is 0. The minimum absolute atomic E-state index is 0.228. The van der Waals surface area contributed by atoms with Crippen molar-refractivity contribution < 1.29 is 18.7 Å². The van der Waals surface area contributed by atoms with E-state index in [4.69, 9.17) is 13.9 Å². The van der Waals surface area contributed by atoms with Crippen LogP contribution < -0.4 is 10.4 Å². The van der Waals surface area contributed by atoms with Gasteiger partial charge in [-0.3, -0.25) is 0 Å². The van der Waals surface area contributed by atoms with Gasteiger partial charge in [0.25, 0.3) is 0 Å². The van der Waals surface area contributed by atoms with Gasteiger partial charge in [-0.2, -0.15) is 0 Å². The molecule has 0 unspecified atom stereocenters. The van der Waals surface area contributed by atoms with Crippen molar-refractivity contribution in [1.29, 1.82) is 0 Å². The molecule has 1 heterocycles. The second kappa shape index (κ2) is 5.28. The summed E-state index contributed by atoms with van der Waals surface area (Å²) in [6, 6.07) is 12.1. The zero-order chi connectivity index (χ0) is 14.8. The SMILES string of the molecule is CCOC(=O)Oc1ccc2c(c1)oc(=O)c1ccccc12. The van der Waals surface area contributed by atoms with E-state index in [9.17, 15) is 9.59 Å². The van der Waals surface area contributed by atoms with Crippen molar-refractivity contribution in [3.63, 3.8) is 0 Å². The molecule has 1 aromatic heterocycles. The van der Waals surface area contributed by atoms with Crippen LogP contribution in [0.4, 0.5) is 4.79 Å². The minimum atomic E-state index is -0.792. The van der Waals surface area contributed by atoms with Gasteiger partial charge in [-0.05, 0) is 30.5 Å². The van der Waals surface area contributed by atoms with Crippen molar-refractivity contribution in [2.24, 2.45) is 0 Å². The Hall–Kier alpha value is -2.82. The zero-order valence-corrected chi connectivity index (χ0v) is 11.3. The Balaban J connectivity index is 2.12. The maximum Gasteiger partial charge on any atom is 0.513 e. The predicted molar refractivity (Wildman–Crippen MR) is 77.6 cm³/mol. The molecular weight excluding hydrogens is 272 g/mol. The van der Waals surface area contributed by atoms with Crippen LogP contribution in [0.15, 0.2) is 51.7 Å². The molecule has 0 fully saturated rings. The summed E-state index contributed by atoms with van der Waals surface area (Å²) in [6.07, 6.45) is -0.792. The summed E-state index contributed by atoms with van der Waals surface area (Å²) in [5, 5.41) is 2.09. The van der Waals surface area contributed by atoms with Gasteiger partial charge in [0.05, 0.1) is 12.0 Å². The molecule has 0 N–H and O–H groups in total. The van der Waals surface area contributed by atoms with Crippen LogP contribution in [0, 0.1) is 0 Å². The smallest absolute Gasteiger partial charge is 0.434 e. The fourth-order valence-electron chi connectivity index (χ4n) is 2.17. The van der Waals surface area contributed by atoms with Gasteiger partial charge in [-0.15, -0.1) is 0 Å². The van der Waals surface area contributed by atoms with Crippen LogP contribution in [0.5, 0.6) is 5.75 Å². The van der Waals surface area contributed by atoms with Crippen molar-refractivity contribution in [3.8, 4) is 5.75 Å². The Morgan fingerprint density at radius 3 is 2.62 bits per heavy atom. The highest BCUT2D eigenvalue weighted by atomic mass is 16.7. The topological polar surface area (TPSA) is 65.7 Å². The van der Waals surface area contributed by atoms with E-state index in [2.05, 4.69) is 0 Å². The number of fused-ring (bicyclic) bond motifs is 3. The van der Waals surface area contributed by atoms with Gasteiger partial charge in [0.15, 0.2) is 0 Å². The maximum absolute atomic E-state index is 11.9. The number of carbonyl (C=O) groups excluding carboxylic acids is 1. The van der Waals surface area contributed by atoms with E-state index in [0.717, 1.165) is 10.8 Å². The van der Waals surface area contributed by atoms with Crippen molar-refractivity contribution in [2.75, 3.05) is 6.61 Å². The average Bonchev–Trinajstić information content (AvgIpc) is 2.47. The summed E-state index contributed by atoms with van der Waals surface area (Å²) < 4.78 is 15.0. The molecule has 5 heteroatoms. The molecule has 3 aromatic rings. The van der Waals surface area contributed by atoms with Crippen LogP contribution in [-0.2, 0) is 4.74 Å². The van der Waals surface area contributed by atoms with E-state index in [1.54, 1.807) is 31.2 Å². The molecule has 106 valence electrons. The van der Waals surface area contributed by atoms with E-state index in [0.29, 0.717) is 11.0 Å². The lowest BCUT2D eigenvalue weighted by atomic mass is 10.1. The monoisotopic (exact) mass is 284 g/mol. The summed E-state index contributed by atoms with van der Waals surface area (Å²) in [4.78, 5) is 23.2. The quantitative estimate of drug-likeness (QED) is 0.312. The molecule has 5 nitrogen and oxygen atoms in total. The first kappa shape index (κ1) is 13.2. The standard InChI is InChI=1S/C16H12O5/c1-2-19-16(18)20-10-7-8-12-11-5-3-4-6-13(11)15(17)21-14(12)9-10/h3-9H,2H2,1H3. The van der Waals surface area contributed by atoms with E-state index in [1.165, 1.54) is 6.07 Å². The third kappa shape index (κ3) is 2.45. The molecule has 0 saturated heterocycles. The Kier molecular flexibility index (Phi) is 3.31. The van der Waals surface area contributed by atoms with Crippen LogP contribution in [-0.4, -0.2) is 12.8 Å². The highest BCUT2D eigenvalue weighted by Gasteiger charge is 2.10. The van der Waals surface area contributed by atoms with Crippen LogP contribution in [0.2, 0.25) is 0 Å². The summed E-state index contributed by atoms with van der Waals surface area (Å²) in [5.41, 5.74) is -0.0631. The lowest BCUT2D eigenvalue weighted by molar-refractivity contribution is 0.104. The minimum Gasteiger partial charge on any atom is -0.434 e. The van der Waals surface area contributed by atoms with E-state index in [1.807, 2.05) is 12.1 Å². The van der Waals surface area contributed by atoms with Crippen molar-refractivity contribution in [3.05, 3.63) is 52.9 Å². The summed E-state index contributed by atoms with van der Waals surface area (Å²) >= 11 is 0. The molecule has 3 rings (SSSR count). The molecule has 0 spiro atoms. The van der Waals surface area contributed by atoms with E-state index >= 15 is 0 Å². The van der Waals surface area contributed by atoms with E-state index in [-0.39, 0.29) is 12.4 Å². The van der Waals surface area contributed by atoms with Crippen LogP contribution in [0.25, 0.3) is 21.7 Å². The largest absolute Gasteiger partial charge is 0.513 e. The van der Waals surface area contributed by atoms with Gasteiger partial charge in [0.2, 0.25) is 0 Å². The third-order valence-corrected chi connectivity index (χ3v) is 3.06. The van der Waals surface area contributed by atoms with Crippen LogP contribution in [0.3, 0.4) is 0 Å². The number of hydrogen-bond acceptors (Lipinski definition) is 5. The summed E-state index contributed by atoms with van der Waals surface area (Å²) in [5.74, 6) is 0.263. The fraction of sp³-hybridized carbons (Fsp3) is 0.125. The normalized spacial score (nSPS) is 10.7. The Morgan fingerprint density at radius 2 is 1.86 bits per heavy atom.